The molecule has 30 heavy (non-hydrogen) atoms. The summed E-state index contributed by atoms with van der Waals surface area (Å²) in [5.74, 6) is -1.09. The van der Waals surface area contributed by atoms with Crippen LogP contribution in [-0.2, 0) is 14.8 Å². The van der Waals surface area contributed by atoms with Crippen molar-refractivity contribution in [2.75, 3.05) is 15.9 Å². The monoisotopic (exact) mass is 464 g/mol. The minimum atomic E-state index is -4.83. The van der Waals surface area contributed by atoms with Gasteiger partial charge in [-0.1, -0.05) is 24.6 Å². The molecule has 0 aliphatic heterocycles. The zero-order valence-corrected chi connectivity index (χ0v) is 17.9. The lowest BCUT2D eigenvalue weighted by atomic mass is 10.1. The summed E-state index contributed by atoms with van der Waals surface area (Å²) in [6, 6.07) is 8.12. The third-order valence-corrected chi connectivity index (χ3v) is 5.49. The first-order chi connectivity index (χ1) is 13.8. The van der Waals surface area contributed by atoms with Gasteiger partial charge in [0, 0.05) is 10.7 Å². The topological polar surface area (TPSA) is 75.7 Å². The van der Waals surface area contributed by atoms with Crippen molar-refractivity contribution >= 4 is 38.9 Å². The first-order valence-corrected chi connectivity index (χ1v) is 11.0. The molecule has 2 rings (SSSR count). The number of nitrogens with one attached hydrogen (secondary N) is 1. The molecule has 2 aromatic rings. The molecule has 1 amide bonds. The molecule has 0 aliphatic rings. The van der Waals surface area contributed by atoms with Gasteiger partial charge in [0.15, 0.2) is 0 Å². The summed E-state index contributed by atoms with van der Waals surface area (Å²) in [7, 11) is -3.86. The fourth-order valence-corrected chi connectivity index (χ4v) is 4.25. The number of aryl methyl sites for hydroxylation is 1. The minimum Gasteiger partial charge on any atom is -0.406 e. The zero-order valence-electron chi connectivity index (χ0n) is 16.3. The number of hydrogen-bond donors (Lipinski definition) is 1. The number of rotatable bonds is 7. The fraction of sp³-hybridized carbons (Fsp3) is 0.316. The number of nitrogens with zero attached hydrogens (tertiary/aromatic N) is 1. The number of halogens is 4. The van der Waals surface area contributed by atoms with E-state index in [1.807, 2.05) is 0 Å². The quantitative estimate of drug-likeness (QED) is 0.642. The van der Waals surface area contributed by atoms with Crippen LogP contribution in [0.15, 0.2) is 42.5 Å². The molecule has 0 aromatic heterocycles. The van der Waals surface area contributed by atoms with Gasteiger partial charge in [-0.15, -0.1) is 13.2 Å². The molecule has 11 heteroatoms. The number of carbonyl (C=O) groups excluding carboxylic acids is 1. The van der Waals surface area contributed by atoms with Crippen LogP contribution >= 0.6 is 11.6 Å². The highest BCUT2D eigenvalue weighted by Crippen LogP contribution is 2.30. The van der Waals surface area contributed by atoms with E-state index in [1.54, 1.807) is 26.0 Å². The Morgan fingerprint density at radius 1 is 1.20 bits per heavy atom. The molecular weight excluding hydrogens is 445 g/mol. The van der Waals surface area contributed by atoms with Gasteiger partial charge in [0.05, 0.1) is 11.9 Å². The first kappa shape index (κ1) is 23.8. The molecule has 6 nitrogen and oxygen atoms in total. The van der Waals surface area contributed by atoms with E-state index in [0.717, 1.165) is 22.7 Å². The van der Waals surface area contributed by atoms with Crippen LogP contribution in [0.3, 0.4) is 0 Å². The van der Waals surface area contributed by atoms with E-state index in [2.05, 4.69) is 10.1 Å². The maximum absolute atomic E-state index is 12.9. The van der Waals surface area contributed by atoms with E-state index in [9.17, 15) is 26.4 Å². The second-order valence-corrected chi connectivity index (χ2v) is 8.77. The Morgan fingerprint density at radius 3 is 2.30 bits per heavy atom. The number of ether oxygens (including phenoxy) is 1. The lowest BCUT2D eigenvalue weighted by Gasteiger charge is -2.31. The van der Waals surface area contributed by atoms with Crippen LogP contribution in [0.25, 0.3) is 0 Å². The van der Waals surface area contributed by atoms with Crippen LogP contribution in [0.5, 0.6) is 5.75 Å². The summed E-state index contributed by atoms with van der Waals surface area (Å²) in [6.45, 7) is 3.33. The normalized spacial score (nSPS) is 12.9. The molecule has 1 atom stereocenters. The number of sulfonamides is 1. The molecule has 0 spiro atoms. The number of carbonyl (C=O) groups is 1. The van der Waals surface area contributed by atoms with Gasteiger partial charge in [-0.2, -0.15) is 0 Å². The first-order valence-electron chi connectivity index (χ1n) is 8.74. The second-order valence-electron chi connectivity index (χ2n) is 6.48. The molecule has 0 fully saturated rings. The summed E-state index contributed by atoms with van der Waals surface area (Å²) in [5, 5.41) is 2.83. The van der Waals surface area contributed by atoms with Crippen LogP contribution in [0.2, 0.25) is 5.02 Å². The van der Waals surface area contributed by atoms with E-state index >= 15 is 0 Å². The van der Waals surface area contributed by atoms with Gasteiger partial charge < -0.3 is 10.1 Å². The van der Waals surface area contributed by atoms with Crippen LogP contribution < -0.4 is 14.4 Å². The fourth-order valence-electron chi connectivity index (χ4n) is 2.82. The summed E-state index contributed by atoms with van der Waals surface area (Å²) < 4.78 is 66.6. The van der Waals surface area contributed by atoms with Crippen molar-refractivity contribution in [3.05, 3.63) is 53.1 Å². The average Bonchev–Trinajstić information content (AvgIpc) is 2.61. The largest absolute Gasteiger partial charge is 0.573 e. The van der Waals surface area contributed by atoms with Crippen molar-refractivity contribution in [2.45, 2.75) is 32.7 Å². The summed E-state index contributed by atoms with van der Waals surface area (Å²) >= 11 is 6.01. The number of amides is 1. The predicted octanol–water partition coefficient (Wildman–Crippen LogP) is 4.73. The van der Waals surface area contributed by atoms with Crippen molar-refractivity contribution in [3.63, 3.8) is 0 Å². The summed E-state index contributed by atoms with van der Waals surface area (Å²) in [5.41, 5.74) is 1.05. The maximum atomic E-state index is 12.9. The number of benzene rings is 2. The van der Waals surface area contributed by atoms with Crippen molar-refractivity contribution in [1.29, 1.82) is 0 Å². The lowest BCUT2D eigenvalue weighted by Crippen LogP contribution is -2.47. The standard InChI is InChI=1S/C19H20ClF3N2O4S/c1-4-16(25(30(3,27)28)17-11-13(20)6-5-12(17)2)18(26)24-14-7-9-15(10-8-14)29-19(21,22)23/h5-11,16H,4H2,1-3H3,(H,24,26)/t16-/m1/s1. The van der Waals surface area contributed by atoms with Crippen LogP contribution in [0.4, 0.5) is 24.5 Å². The van der Waals surface area contributed by atoms with E-state index in [0.29, 0.717) is 10.6 Å². The van der Waals surface area contributed by atoms with E-state index in [-0.39, 0.29) is 17.8 Å². The zero-order chi connectivity index (χ0) is 22.7. The van der Waals surface area contributed by atoms with Gasteiger partial charge in [0.1, 0.15) is 11.8 Å². The third-order valence-electron chi connectivity index (χ3n) is 4.09. The Kier molecular flexibility index (Phi) is 7.25. The Labute approximate surface area is 177 Å². The van der Waals surface area contributed by atoms with Gasteiger partial charge in [-0.05, 0) is 55.3 Å². The highest BCUT2D eigenvalue weighted by atomic mass is 35.5. The van der Waals surface area contributed by atoms with Gasteiger partial charge in [0.2, 0.25) is 15.9 Å². The van der Waals surface area contributed by atoms with E-state index < -0.39 is 34.1 Å². The molecular formula is C19H20ClF3N2O4S. The van der Waals surface area contributed by atoms with Crippen molar-refractivity contribution in [1.82, 2.24) is 0 Å². The van der Waals surface area contributed by atoms with Gasteiger partial charge >= 0.3 is 6.36 Å². The Balaban J connectivity index is 2.31. The molecule has 1 N–H and O–H groups in total. The number of hydrogen-bond acceptors (Lipinski definition) is 4. The van der Waals surface area contributed by atoms with Gasteiger partial charge in [0.25, 0.3) is 0 Å². The number of alkyl halides is 3. The smallest absolute Gasteiger partial charge is 0.406 e. The highest BCUT2D eigenvalue weighted by molar-refractivity contribution is 7.92. The van der Waals surface area contributed by atoms with Crippen molar-refractivity contribution < 1.29 is 31.1 Å². The molecule has 0 heterocycles. The molecule has 164 valence electrons. The Bertz CT molecular complexity index is 1010. The molecule has 0 aliphatic carbocycles. The summed E-state index contributed by atoms with van der Waals surface area (Å²) in [4.78, 5) is 12.9. The minimum absolute atomic E-state index is 0.139. The van der Waals surface area contributed by atoms with Crippen molar-refractivity contribution in [3.8, 4) is 5.75 Å². The van der Waals surface area contributed by atoms with E-state index in [4.69, 9.17) is 11.6 Å². The molecule has 0 saturated carbocycles. The van der Waals surface area contributed by atoms with Gasteiger partial charge in [-0.3, -0.25) is 9.10 Å². The molecule has 2 aromatic carbocycles. The van der Waals surface area contributed by atoms with Crippen LogP contribution in [-0.4, -0.2) is 33.0 Å². The highest BCUT2D eigenvalue weighted by Gasteiger charge is 2.33. The second kappa shape index (κ2) is 9.13. The average molecular weight is 465 g/mol. The van der Waals surface area contributed by atoms with E-state index in [1.165, 1.54) is 18.2 Å². The lowest BCUT2D eigenvalue weighted by molar-refractivity contribution is -0.274. The molecule has 0 bridgehead atoms. The Hall–Kier alpha value is -2.46. The third kappa shape index (κ3) is 6.27. The van der Waals surface area contributed by atoms with Gasteiger partial charge in [-0.25, -0.2) is 8.42 Å². The van der Waals surface area contributed by atoms with Crippen molar-refractivity contribution in [2.24, 2.45) is 0 Å². The maximum Gasteiger partial charge on any atom is 0.573 e. The summed E-state index contributed by atoms with van der Waals surface area (Å²) in [6.07, 6.45) is -3.71. The molecule has 0 unspecified atom stereocenters. The number of anilines is 2. The Morgan fingerprint density at radius 2 is 1.80 bits per heavy atom. The molecule has 0 radical (unpaired) electrons. The van der Waals surface area contributed by atoms with Crippen LogP contribution in [0.1, 0.15) is 18.9 Å². The SMILES string of the molecule is CC[C@H](C(=O)Nc1ccc(OC(F)(F)F)cc1)N(c1cc(Cl)ccc1C)S(C)(=O)=O. The molecule has 0 saturated heterocycles. The predicted molar refractivity (Wildman–Crippen MR) is 109 cm³/mol. The van der Waals surface area contributed by atoms with Crippen LogP contribution in [0, 0.1) is 6.92 Å².